The maximum absolute atomic E-state index is 9.24. The van der Waals surface area contributed by atoms with Crippen LogP contribution in [0, 0.1) is 0 Å². The van der Waals surface area contributed by atoms with Gasteiger partial charge in [-0.1, -0.05) is 30.3 Å². The Labute approximate surface area is 101 Å². The van der Waals surface area contributed by atoms with Crippen LogP contribution in [0.5, 0.6) is 5.75 Å². The van der Waals surface area contributed by atoms with Crippen LogP contribution in [0.3, 0.4) is 0 Å². The highest BCUT2D eigenvalue weighted by atomic mass is 16.3. The van der Waals surface area contributed by atoms with Crippen LogP contribution < -0.4 is 5.32 Å². The number of fused-ring (bicyclic) bond motifs is 1. The number of hydrogen-bond acceptors (Lipinski definition) is 2. The van der Waals surface area contributed by atoms with Gasteiger partial charge in [-0.05, 0) is 42.2 Å². The molecule has 17 heavy (non-hydrogen) atoms. The summed E-state index contributed by atoms with van der Waals surface area (Å²) in [6.07, 6.45) is 2.08. The molecule has 2 aromatic carbocycles. The van der Waals surface area contributed by atoms with Crippen molar-refractivity contribution in [3.8, 4) is 5.75 Å². The van der Waals surface area contributed by atoms with Gasteiger partial charge in [0, 0.05) is 11.7 Å². The molecule has 2 N–H and O–H groups in total. The summed E-state index contributed by atoms with van der Waals surface area (Å²) in [6.45, 7) is 0. The summed E-state index contributed by atoms with van der Waals surface area (Å²) in [5.41, 5.74) is 3.92. The molecular formula is C15H15NO. The van der Waals surface area contributed by atoms with Gasteiger partial charge < -0.3 is 10.4 Å². The predicted molar refractivity (Wildman–Crippen MR) is 69.4 cm³/mol. The van der Waals surface area contributed by atoms with Crippen molar-refractivity contribution >= 4 is 5.69 Å². The largest absolute Gasteiger partial charge is 0.508 e. The Morgan fingerprint density at radius 2 is 1.82 bits per heavy atom. The fourth-order valence-electron chi connectivity index (χ4n) is 2.42. The number of benzene rings is 2. The number of rotatable bonds is 2. The first-order valence-electron chi connectivity index (χ1n) is 5.93. The number of nitrogens with one attached hydrogen (secondary N) is 1. The molecule has 0 aliphatic carbocycles. The fraction of sp³-hybridized carbons (Fsp3) is 0.200. The molecule has 3 rings (SSSR count). The van der Waals surface area contributed by atoms with E-state index in [9.17, 15) is 5.11 Å². The summed E-state index contributed by atoms with van der Waals surface area (Å²) in [6, 6.07) is 16.4. The van der Waals surface area contributed by atoms with Gasteiger partial charge >= 0.3 is 0 Å². The number of aromatic hydroxyl groups is 1. The molecule has 1 atom stereocenters. The highest BCUT2D eigenvalue weighted by Gasteiger charge is 2.19. The van der Waals surface area contributed by atoms with E-state index in [1.807, 2.05) is 12.1 Å². The summed E-state index contributed by atoms with van der Waals surface area (Å²) in [5, 5.41) is 12.8. The van der Waals surface area contributed by atoms with E-state index in [-0.39, 0.29) is 0 Å². The molecule has 2 heteroatoms. The van der Waals surface area contributed by atoms with Gasteiger partial charge in [-0.25, -0.2) is 0 Å². The van der Waals surface area contributed by atoms with E-state index in [0.29, 0.717) is 11.8 Å². The van der Waals surface area contributed by atoms with E-state index in [1.165, 1.54) is 16.8 Å². The topological polar surface area (TPSA) is 32.3 Å². The number of phenols is 1. The zero-order chi connectivity index (χ0) is 11.7. The molecule has 0 saturated carbocycles. The lowest BCUT2D eigenvalue weighted by atomic mass is 10.0. The maximum atomic E-state index is 9.24. The Hall–Kier alpha value is -1.96. The molecule has 1 aliphatic heterocycles. The quantitative estimate of drug-likeness (QED) is 0.823. The molecule has 0 aromatic heterocycles. The van der Waals surface area contributed by atoms with Crippen LogP contribution in [-0.2, 0) is 12.8 Å². The lowest BCUT2D eigenvalue weighted by Crippen LogP contribution is -2.18. The molecule has 86 valence electrons. The second-order valence-corrected chi connectivity index (χ2v) is 4.57. The Morgan fingerprint density at radius 3 is 2.59 bits per heavy atom. The van der Waals surface area contributed by atoms with Gasteiger partial charge in [0.25, 0.3) is 0 Å². The van der Waals surface area contributed by atoms with Crippen LogP contribution in [0.2, 0.25) is 0 Å². The highest BCUT2D eigenvalue weighted by molar-refractivity contribution is 5.56. The molecule has 0 amide bonds. The molecule has 0 fully saturated rings. The third kappa shape index (κ3) is 2.11. The molecular weight excluding hydrogens is 210 g/mol. The number of anilines is 1. The predicted octanol–water partition coefficient (Wildman–Crippen LogP) is 2.97. The van der Waals surface area contributed by atoms with E-state index >= 15 is 0 Å². The summed E-state index contributed by atoms with van der Waals surface area (Å²) < 4.78 is 0. The molecule has 1 aliphatic rings. The monoisotopic (exact) mass is 225 g/mol. The smallest absolute Gasteiger partial charge is 0.115 e. The molecule has 0 saturated heterocycles. The van der Waals surface area contributed by atoms with E-state index in [0.717, 1.165) is 12.8 Å². The minimum atomic E-state index is 0.330. The van der Waals surface area contributed by atoms with Gasteiger partial charge in [0.2, 0.25) is 0 Å². The molecule has 0 bridgehead atoms. The number of para-hydroxylation sites is 1. The fourth-order valence-corrected chi connectivity index (χ4v) is 2.42. The third-order valence-corrected chi connectivity index (χ3v) is 3.26. The molecule has 0 spiro atoms. The average Bonchev–Trinajstić information content (AvgIpc) is 2.74. The van der Waals surface area contributed by atoms with Crippen molar-refractivity contribution in [1.29, 1.82) is 0 Å². The molecule has 0 radical (unpaired) electrons. The first-order valence-corrected chi connectivity index (χ1v) is 5.93. The van der Waals surface area contributed by atoms with E-state index in [4.69, 9.17) is 0 Å². The highest BCUT2D eigenvalue weighted by Crippen LogP contribution is 2.27. The van der Waals surface area contributed by atoms with Crippen molar-refractivity contribution in [2.24, 2.45) is 0 Å². The van der Waals surface area contributed by atoms with Crippen molar-refractivity contribution in [2.45, 2.75) is 18.9 Å². The van der Waals surface area contributed by atoms with Crippen molar-refractivity contribution in [3.63, 3.8) is 0 Å². The molecule has 1 heterocycles. The first-order chi connectivity index (χ1) is 8.31. The zero-order valence-electron chi connectivity index (χ0n) is 9.56. The maximum Gasteiger partial charge on any atom is 0.115 e. The first kappa shape index (κ1) is 10.2. The van der Waals surface area contributed by atoms with Gasteiger partial charge in [-0.3, -0.25) is 0 Å². The Balaban J connectivity index is 1.71. The van der Waals surface area contributed by atoms with E-state index < -0.39 is 0 Å². The second-order valence-electron chi connectivity index (χ2n) is 4.57. The van der Waals surface area contributed by atoms with Crippen LogP contribution in [0.4, 0.5) is 5.69 Å². The van der Waals surface area contributed by atoms with Crippen LogP contribution in [0.1, 0.15) is 11.1 Å². The average molecular weight is 225 g/mol. The summed E-state index contributed by atoms with van der Waals surface area (Å²) in [7, 11) is 0. The Morgan fingerprint density at radius 1 is 1.06 bits per heavy atom. The molecule has 2 aromatic rings. The second kappa shape index (κ2) is 4.13. The summed E-state index contributed by atoms with van der Waals surface area (Å²) in [4.78, 5) is 0. The van der Waals surface area contributed by atoms with Gasteiger partial charge in [0.15, 0.2) is 0 Å². The Bertz CT molecular complexity index is 494. The molecule has 1 unspecified atom stereocenters. The van der Waals surface area contributed by atoms with Crippen LogP contribution in [0.25, 0.3) is 0 Å². The van der Waals surface area contributed by atoms with Crippen LogP contribution in [0.15, 0.2) is 48.5 Å². The zero-order valence-corrected chi connectivity index (χ0v) is 9.56. The van der Waals surface area contributed by atoms with Gasteiger partial charge in [-0.2, -0.15) is 0 Å². The van der Waals surface area contributed by atoms with Crippen molar-refractivity contribution in [3.05, 3.63) is 59.7 Å². The van der Waals surface area contributed by atoms with E-state index in [2.05, 4.69) is 29.6 Å². The lowest BCUT2D eigenvalue weighted by molar-refractivity contribution is 0.475. The number of hydrogen-bond donors (Lipinski definition) is 2. The van der Waals surface area contributed by atoms with Crippen LogP contribution in [-0.4, -0.2) is 11.1 Å². The SMILES string of the molecule is Oc1ccc(CC2Cc3ccccc3N2)cc1. The minimum Gasteiger partial charge on any atom is -0.508 e. The summed E-state index contributed by atoms with van der Waals surface area (Å²) >= 11 is 0. The third-order valence-electron chi connectivity index (χ3n) is 3.26. The van der Waals surface area contributed by atoms with Crippen molar-refractivity contribution in [1.82, 2.24) is 0 Å². The summed E-state index contributed by atoms with van der Waals surface area (Å²) in [5.74, 6) is 0.330. The van der Waals surface area contributed by atoms with E-state index in [1.54, 1.807) is 12.1 Å². The van der Waals surface area contributed by atoms with Gasteiger partial charge in [0.1, 0.15) is 5.75 Å². The van der Waals surface area contributed by atoms with Crippen LogP contribution >= 0.6 is 0 Å². The normalized spacial score (nSPS) is 17.5. The molecule has 2 nitrogen and oxygen atoms in total. The van der Waals surface area contributed by atoms with Gasteiger partial charge in [-0.15, -0.1) is 0 Å². The van der Waals surface area contributed by atoms with Gasteiger partial charge in [0.05, 0.1) is 0 Å². The standard InChI is InChI=1S/C15H15NO/c17-14-7-5-11(6-8-14)9-13-10-12-3-1-2-4-15(12)16-13/h1-8,13,16-17H,9-10H2. The van der Waals surface area contributed by atoms with Crippen molar-refractivity contribution < 1.29 is 5.11 Å². The Kier molecular flexibility index (Phi) is 2.48. The minimum absolute atomic E-state index is 0.330. The lowest BCUT2D eigenvalue weighted by Gasteiger charge is -2.11. The van der Waals surface area contributed by atoms with Crippen molar-refractivity contribution in [2.75, 3.05) is 5.32 Å². The number of phenolic OH excluding ortho intramolecular Hbond substituents is 1.